The van der Waals surface area contributed by atoms with E-state index in [-0.39, 0.29) is 6.10 Å². The maximum atomic E-state index is 5.87. The molecule has 1 aromatic carbocycles. The first-order valence-electron chi connectivity index (χ1n) is 4.73. The highest BCUT2D eigenvalue weighted by molar-refractivity contribution is 6.33. The molecule has 1 aromatic rings. The molecule has 2 N–H and O–H groups in total. The van der Waals surface area contributed by atoms with Gasteiger partial charge in [0.1, 0.15) is 5.75 Å². The molecular weight excluding hydrogens is 198 g/mol. The second kappa shape index (κ2) is 4.56. The minimum Gasteiger partial charge on any atom is -0.488 e. The molecule has 1 rings (SSSR count). The first kappa shape index (κ1) is 11.2. The van der Waals surface area contributed by atoms with Gasteiger partial charge in [0.25, 0.3) is 0 Å². The fraction of sp³-hybridized carbons (Fsp3) is 0.455. The van der Waals surface area contributed by atoms with Gasteiger partial charge in [-0.15, -0.1) is 0 Å². The molecule has 0 heterocycles. The summed E-state index contributed by atoms with van der Waals surface area (Å²) >= 11 is 5.87. The van der Waals surface area contributed by atoms with Crippen LogP contribution in [0.15, 0.2) is 18.2 Å². The van der Waals surface area contributed by atoms with Crippen molar-refractivity contribution in [3.63, 3.8) is 0 Å². The van der Waals surface area contributed by atoms with Crippen LogP contribution in [0.3, 0.4) is 0 Å². The van der Waals surface area contributed by atoms with Crippen LogP contribution in [0.4, 0.5) is 5.69 Å². The first-order chi connectivity index (χ1) is 6.52. The SMILES string of the molecule is CC(C)C(C)Oc1cccc(Cl)c1N. The van der Waals surface area contributed by atoms with Crippen LogP contribution in [0.1, 0.15) is 20.8 Å². The fourth-order valence-electron chi connectivity index (χ4n) is 0.956. The molecular formula is C11H16ClNO. The van der Waals surface area contributed by atoms with Gasteiger partial charge in [-0.05, 0) is 25.0 Å². The monoisotopic (exact) mass is 213 g/mol. The van der Waals surface area contributed by atoms with Gasteiger partial charge in [0.15, 0.2) is 0 Å². The van der Waals surface area contributed by atoms with Gasteiger partial charge in [0.05, 0.1) is 16.8 Å². The highest BCUT2D eigenvalue weighted by atomic mass is 35.5. The third-order valence-corrected chi connectivity index (χ3v) is 2.59. The normalized spacial score (nSPS) is 12.9. The standard InChI is InChI=1S/C11H16ClNO/c1-7(2)8(3)14-10-6-4-5-9(12)11(10)13/h4-8H,13H2,1-3H3. The van der Waals surface area contributed by atoms with E-state index in [2.05, 4.69) is 13.8 Å². The topological polar surface area (TPSA) is 35.2 Å². The van der Waals surface area contributed by atoms with Crippen molar-refractivity contribution in [2.24, 2.45) is 5.92 Å². The fourth-order valence-corrected chi connectivity index (χ4v) is 1.12. The molecule has 0 bridgehead atoms. The largest absolute Gasteiger partial charge is 0.488 e. The number of hydrogen-bond acceptors (Lipinski definition) is 2. The maximum absolute atomic E-state index is 5.87. The second-order valence-corrected chi connectivity index (χ2v) is 4.13. The third kappa shape index (κ3) is 2.55. The van der Waals surface area contributed by atoms with Gasteiger partial charge in [0.2, 0.25) is 0 Å². The van der Waals surface area contributed by atoms with E-state index in [0.717, 1.165) is 0 Å². The van der Waals surface area contributed by atoms with Gasteiger partial charge in [-0.1, -0.05) is 31.5 Å². The summed E-state index contributed by atoms with van der Waals surface area (Å²) in [6, 6.07) is 5.42. The number of nitrogens with two attached hydrogens (primary N) is 1. The summed E-state index contributed by atoms with van der Waals surface area (Å²) in [6.45, 7) is 6.22. The lowest BCUT2D eigenvalue weighted by molar-refractivity contribution is 0.171. The van der Waals surface area contributed by atoms with Crippen LogP contribution in [-0.2, 0) is 0 Å². The van der Waals surface area contributed by atoms with Crippen molar-refractivity contribution >= 4 is 17.3 Å². The van der Waals surface area contributed by atoms with Crippen molar-refractivity contribution in [1.82, 2.24) is 0 Å². The van der Waals surface area contributed by atoms with Gasteiger partial charge >= 0.3 is 0 Å². The van der Waals surface area contributed by atoms with Gasteiger partial charge in [0, 0.05) is 0 Å². The summed E-state index contributed by atoms with van der Waals surface area (Å²) in [6.07, 6.45) is 0.135. The van der Waals surface area contributed by atoms with E-state index in [1.807, 2.05) is 19.1 Å². The zero-order valence-corrected chi connectivity index (χ0v) is 9.51. The average molecular weight is 214 g/mol. The van der Waals surface area contributed by atoms with Crippen molar-refractivity contribution in [3.05, 3.63) is 23.2 Å². The number of para-hydroxylation sites is 1. The van der Waals surface area contributed by atoms with Crippen LogP contribution >= 0.6 is 11.6 Å². The maximum Gasteiger partial charge on any atom is 0.144 e. The van der Waals surface area contributed by atoms with Crippen molar-refractivity contribution < 1.29 is 4.74 Å². The van der Waals surface area contributed by atoms with E-state index < -0.39 is 0 Å². The Balaban J connectivity index is 2.82. The Bertz CT molecular complexity index is 312. The number of nitrogen functional groups attached to an aromatic ring is 1. The van der Waals surface area contributed by atoms with E-state index >= 15 is 0 Å². The smallest absolute Gasteiger partial charge is 0.144 e. The number of ether oxygens (including phenoxy) is 1. The molecule has 14 heavy (non-hydrogen) atoms. The quantitative estimate of drug-likeness (QED) is 0.782. The molecule has 2 nitrogen and oxygen atoms in total. The summed E-state index contributed by atoms with van der Waals surface area (Å²) in [5, 5.41) is 0.540. The van der Waals surface area contributed by atoms with Crippen LogP contribution < -0.4 is 10.5 Å². The first-order valence-corrected chi connectivity index (χ1v) is 5.10. The number of benzene rings is 1. The molecule has 1 unspecified atom stereocenters. The van der Waals surface area contributed by atoms with Crippen molar-refractivity contribution in [1.29, 1.82) is 0 Å². The molecule has 1 atom stereocenters. The Morgan fingerprint density at radius 1 is 1.29 bits per heavy atom. The molecule has 0 saturated carbocycles. The Hall–Kier alpha value is -0.890. The Kier molecular flexibility index (Phi) is 3.64. The number of halogens is 1. The van der Waals surface area contributed by atoms with Crippen LogP contribution in [0.2, 0.25) is 5.02 Å². The summed E-state index contributed by atoms with van der Waals surface area (Å²) in [5.74, 6) is 1.12. The molecule has 0 aliphatic rings. The summed E-state index contributed by atoms with van der Waals surface area (Å²) in [7, 11) is 0. The van der Waals surface area contributed by atoms with E-state index in [4.69, 9.17) is 22.1 Å². The Labute approximate surface area is 90.0 Å². The summed E-state index contributed by atoms with van der Waals surface area (Å²) < 4.78 is 5.68. The lowest BCUT2D eigenvalue weighted by Crippen LogP contribution is -2.19. The number of anilines is 1. The Morgan fingerprint density at radius 3 is 2.50 bits per heavy atom. The third-order valence-electron chi connectivity index (χ3n) is 2.26. The molecule has 0 radical (unpaired) electrons. The van der Waals surface area contributed by atoms with E-state index in [1.54, 1.807) is 6.07 Å². The van der Waals surface area contributed by atoms with Gasteiger partial charge in [-0.3, -0.25) is 0 Å². The van der Waals surface area contributed by atoms with Gasteiger partial charge in [-0.2, -0.15) is 0 Å². The molecule has 0 aliphatic heterocycles. The predicted octanol–water partition coefficient (Wildman–Crippen LogP) is 3.35. The highest BCUT2D eigenvalue weighted by Crippen LogP contribution is 2.30. The molecule has 0 saturated heterocycles. The van der Waals surface area contributed by atoms with Gasteiger partial charge < -0.3 is 10.5 Å². The highest BCUT2D eigenvalue weighted by Gasteiger charge is 2.11. The average Bonchev–Trinajstić information content (AvgIpc) is 2.12. The molecule has 78 valence electrons. The molecule has 0 fully saturated rings. The minimum absolute atomic E-state index is 0.135. The molecule has 0 aliphatic carbocycles. The molecule has 3 heteroatoms. The number of rotatable bonds is 3. The summed E-state index contributed by atoms with van der Waals surface area (Å²) in [5.41, 5.74) is 6.29. The van der Waals surface area contributed by atoms with E-state index in [9.17, 15) is 0 Å². The molecule has 0 amide bonds. The van der Waals surface area contributed by atoms with Crippen LogP contribution in [0.5, 0.6) is 5.75 Å². The van der Waals surface area contributed by atoms with E-state index in [1.165, 1.54) is 0 Å². The lowest BCUT2D eigenvalue weighted by atomic mass is 10.1. The van der Waals surface area contributed by atoms with Crippen molar-refractivity contribution in [2.45, 2.75) is 26.9 Å². The summed E-state index contributed by atoms with van der Waals surface area (Å²) in [4.78, 5) is 0. The van der Waals surface area contributed by atoms with Crippen LogP contribution in [0, 0.1) is 5.92 Å². The lowest BCUT2D eigenvalue weighted by Gasteiger charge is -2.19. The van der Waals surface area contributed by atoms with Crippen LogP contribution in [-0.4, -0.2) is 6.10 Å². The number of hydrogen-bond donors (Lipinski definition) is 1. The molecule has 0 spiro atoms. The zero-order chi connectivity index (χ0) is 10.7. The van der Waals surface area contributed by atoms with Crippen LogP contribution in [0.25, 0.3) is 0 Å². The Morgan fingerprint density at radius 2 is 1.93 bits per heavy atom. The molecule has 0 aromatic heterocycles. The van der Waals surface area contributed by atoms with Gasteiger partial charge in [-0.25, -0.2) is 0 Å². The van der Waals surface area contributed by atoms with Crippen molar-refractivity contribution in [3.8, 4) is 5.75 Å². The second-order valence-electron chi connectivity index (χ2n) is 3.72. The van der Waals surface area contributed by atoms with Crippen molar-refractivity contribution in [2.75, 3.05) is 5.73 Å². The minimum atomic E-state index is 0.135. The zero-order valence-electron chi connectivity index (χ0n) is 8.75. The van der Waals surface area contributed by atoms with E-state index in [0.29, 0.717) is 22.4 Å². The predicted molar refractivity (Wildman–Crippen MR) is 60.8 cm³/mol.